The predicted molar refractivity (Wildman–Crippen MR) is 32.7 cm³/mol. The van der Waals surface area contributed by atoms with Gasteiger partial charge in [-0.05, 0) is 12.8 Å². The number of hydrogen-bond donors (Lipinski definition) is 2. The molecule has 0 spiro atoms. The summed E-state index contributed by atoms with van der Waals surface area (Å²) in [4.78, 5) is 10.8. The molecule has 3 N–H and O–H groups in total. The number of hydrogen-bond acceptors (Lipinski definition) is 2. The lowest BCUT2D eigenvalue weighted by Crippen LogP contribution is -2.42. The molecule has 50 valence electrons. The molecule has 3 nitrogen and oxygen atoms in total. The van der Waals surface area contributed by atoms with Gasteiger partial charge < -0.3 is 11.1 Å². The van der Waals surface area contributed by atoms with Gasteiger partial charge in [0.2, 0.25) is 5.91 Å². The molecule has 0 radical (unpaired) electrons. The Bertz CT molecular complexity index is 168. The third kappa shape index (κ3) is 0.580. The number of fused-ring (bicyclic) bond motifs is 1. The summed E-state index contributed by atoms with van der Waals surface area (Å²) in [6, 6.07) is 0. The molecule has 1 aliphatic carbocycles. The molecular formula is C6H10N2O. The summed E-state index contributed by atoms with van der Waals surface area (Å²) in [6.45, 7) is 0.770. The van der Waals surface area contributed by atoms with Crippen LogP contribution in [0.4, 0.5) is 0 Å². The second kappa shape index (κ2) is 1.29. The summed E-state index contributed by atoms with van der Waals surface area (Å²) in [5.41, 5.74) is 5.69. The molecule has 2 aliphatic rings. The van der Waals surface area contributed by atoms with E-state index in [4.69, 9.17) is 5.73 Å². The third-order valence-electron chi connectivity index (χ3n) is 2.32. The van der Waals surface area contributed by atoms with Crippen LogP contribution in [0.3, 0.4) is 0 Å². The van der Waals surface area contributed by atoms with Gasteiger partial charge in [0.25, 0.3) is 0 Å². The smallest absolute Gasteiger partial charge is 0.225 e. The monoisotopic (exact) mass is 126 g/mol. The number of rotatable bonds is 0. The molecule has 3 heteroatoms. The van der Waals surface area contributed by atoms with E-state index in [2.05, 4.69) is 5.32 Å². The maximum atomic E-state index is 10.8. The van der Waals surface area contributed by atoms with Crippen LogP contribution in [-0.4, -0.2) is 18.0 Å². The van der Waals surface area contributed by atoms with Crippen molar-refractivity contribution in [2.75, 3.05) is 6.54 Å². The zero-order valence-electron chi connectivity index (χ0n) is 5.18. The van der Waals surface area contributed by atoms with E-state index >= 15 is 0 Å². The highest BCUT2D eigenvalue weighted by atomic mass is 16.2. The Hall–Kier alpha value is -0.570. The number of piperidine rings is 1. The van der Waals surface area contributed by atoms with E-state index in [9.17, 15) is 4.79 Å². The topological polar surface area (TPSA) is 55.1 Å². The first-order valence-electron chi connectivity index (χ1n) is 3.29. The Morgan fingerprint density at radius 2 is 2.56 bits per heavy atom. The van der Waals surface area contributed by atoms with Crippen molar-refractivity contribution in [2.45, 2.75) is 18.4 Å². The molecule has 9 heavy (non-hydrogen) atoms. The summed E-state index contributed by atoms with van der Waals surface area (Å²) in [7, 11) is 0. The first kappa shape index (κ1) is 5.23. The molecule has 0 bridgehead atoms. The van der Waals surface area contributed by atoms with Gasteiger partial charge >= 0.3 is 0 Å². The van der Waals surface area contributed by atoms with Gasteiger partial charge in [-0.25, -0.2) is 0 Å². The molecule has 2 atom stereocenters. The van der Waals surface area contributed by atoms with Crippen molar-refractivity contribution in [3.8, 4) is 0 Å². The van der Waals surface area contributed by atoms with Crippen molar-refractivity contribution in [2.24, 2.45) is 11.7 Å². The zero-order valence-corrected chi connectivity index (χ0v) is 5.18. The SMILES string of the molecule is NC12CCNC(=O)C1C2. The molecule has 1 amide bonds. The number of amides is 1. The minimum absolute atomic E-state index is 0.0949. The van der Waals surface area contributed by atoms with Crippen LogP contribution in [0.1, 0.15) is 12.8 Å². The fraction of sp³-hybridized carbons (Fsp3) is 0.833. The molecule has 0 aromatic heterocycles. The normalized spacial score (nSPS) is 47.7. The van der Waals surface area contributed by atoms with Crippen molar-refractivity contribution >= 4 is 5.91 Å². The molecule has 2 fully saturated rings. The van der Waals surface area contributed by atoms with Crippen LogP contribution in [0.25, 0.3) is 0 Å². The molecule has 1 saturated carbocycles. The molecule has 1 aliphatic heterocycles. The van der Waals surface area contributed by atoms with Gasteiger partial charge in [0, 0.05) is 12.1 Å². The Kier molecular flexibility index (Phi) is 0.750. The third-order valence-corrected chi connectivity index (χ3v) is 2.32. The van der Waals surface area contributed by atoms with Crippen LogP contribution in [0.2, 0.25) is 0 Å². The van der Waals surface area contributed by atoms with E-state index in [0.717, 1.165) is 19.4 Å². The zero-order chi connectivity index (χ0) is 6.48. The Labute approximate surface area is 53.6 Å². The van der Waals surface area contributed by atoms with Crippen molar-refractivity contribution in [1.82, 2.24) is 5.32 Å². The summed E-state index contributed by atoms with van der Waals surface area (Å²) in [5.74, 6) is 0.301. The standard InChI is InChI=1S/C6H10N2O/c7-6-1-2-8-5(9)4(6)3-6/h4H,1-3,7H2,(H,8,9). The van der Waals surface area contributed by atoms with Gasteiger partial charge in [-0.15, -0.1) is 0 Å². The highest BCUT2D eigenvalue weighted by molar-refractivity contribution is 5.84. The molecule has 2 rings (SSSR count). The second-order valence-corrected chi connectivity index (χ2v) is 3.03. The minimum atomic E-state index is -0.0949. The van der Waals surface area contributed by atoms with Crippen LogP contribution in [0, 0.1) is 5.92 Å². The van der Waals surface area contributed by atoms with Crippen LogP contribution >= 0.6 is 0 Å². The lowest BCUT2D eigenvalue weighted by molar-refractivity contribution is -0.123. The first-order valence-corrected chi connectivity index (χ1v) is 3.29. The first-order chi connectivity index (χ1) is 4.22. The van der Waals surface area contributed by atoms with Crippen LogP contribution < -0.4 is 11.1 Å². The Balaban J connectivity index is 2.16. The van der Waals surface area contributed by atoms with Gasteiger partial charge in [-0.2, -0.15) is 0 Å². The lowest BCUT2D eigenvalue weighted by atomic mass is 10.1. The number of carbonyl (C=O) groups excluding carboxylic acids is 1. The average molecular weight is 126 g/mol. The molecular weight excluding hydrogens is 116 g/mol. The maximum absolute atomic E-state index is 10.8. The van der Waals surface area contributed by atoms with Gasteiger partial charge in [0.15, 0.2) is 0 Å². The van der Waals surface area contributed by atoms with Gasteiger partial charge in [0.1, 0.15) is 0 Å². The van der Waals surface area contributed by atoms with Crippen LogP contribution in [0.5, 0.6) is 0 Å². The van der Waals surface area contributed by atoms with Crippen molar-refractivity contribution < 1.29 is 4.79 Å². The van der Waals surface area contributed by atoms with E-state index in [0.29, 0.717) is 0 Å². The van der Waals surface area contributed by atoms with Crippen molar-refractivity contribution in [3.63, 3.8) is 0 Å². The lowest BCUT2D eigenvalue weighted by Gasteiger charge is -2.16. The van der Waals surface area contributed by atoms with Crippen molar-refractivity contribution in [1.29, 1.82) is 0 Å². The number of carbonyl (C=O) groups is 1. The summed E-state index contributed by atoms with van der Waals surface area (Å²) in [5, 5.41) is 2.78. The predicted octanol–water partition coefficient (Wildman–Crippen LogP) is -0.776. The quantitative estimate of drug-likeness (QED) is 0.447. The summed E-state index contributed by atoms with van der Waals surface area (Å²) in [6.07, 6.45) is 1.86. The Morgan fingerprint density at radius 1 is 1.78 bits per heavy atom. The van der Waals surface area contributed by atoms with E-state index in [1.165, 1.54) is 0 Å². The highest BCUT2D eigenvalue weighted by Gasteiger charge is 2.56. The highest BCUT2D eigenvalue weighted by Crippen LogP contribution is 2.45. The van der Waals surface area contributed by atoms with Crippen molar-refractivity contribution in [3.05, 3.63) is 0 Å². The molecule has 2 unspecified atom stereocenters. The van der Waals surface area contributed by atoms with Gasteiger partial charge in [-0.3, -0.25) is 4.79 Å². The van der Waals surface area contributed by atoms with E-state index in [1.54, 1.807) is 0 Å². The minimum Gasteiger partial charge on any atom is -0.356 e. The molecule has 0 aromatic rings. The summed E-state index contributed by atoms with van der Waals surface area (Å²) < 4.78 is 0. The van der Waals surface area contributed by atoms with Gasteiger partial charge in [0.05, 0.1) is 5.92 Å². The van der Waals surface area contributed by atoms with Gasteiger partial charge in [-0.1, -0.05) is 0 Å². The maximum Gasteiger partial charge on any atom is 0.225 e. The summed E-state index contributed by atoms with van der Waals surface area (Å²) >= 11 is 0. The molecule has 0 aromatic carbocycles. The number of nitrogens with two attached hydrogens (primary N) is 1. The van der Waals surface area contributed by atoms with E-state index in [-0.39, 0.29) is 17.4 Å². The van der Waals surface area contributed by atoms with E-state index in [1.807, 2.05) is 0 Å². The number of nitrogens with one attached hydrogen (secondary N) is 1. The fourth-order valence-electron chi connectivity index (χ4n) is 1.49. The molecule has 1 heterocycles. The van der Waals surface area contributed by atoms with E-state index < -0.39 is 0 Å². The molecule has 1 saturated heterocycles. The fourth-order valence-corrected chi connectivity index (χ4v) is 1.49. The average Bonchev–Trinajstić information content (AvgIpc) is 2.43. The van der Waals surface area contributed by atoms with Crippen LogP contribution in [0.15, 0.2) is 0 Å². The van der Waals surface area contributed by atoms with Crippen LogP contribution in [-0.2, 0) is 4.79 Å². The Morgan fingerprint density at radius 3 is 3.11 bits per heavy atom. The largest absolute Gasteiger partial charge is 0.356 e. The second-order valence-electron chi connectivity index (χ2n) is 3.03.